The molecule has 0 bridgehead atoms. The van der Waals surface area contributed by atoms with E-state index in [1.807, 2.05) is 19.2 Å². The van der Waals surface area contributed by atoms with Gasteiger partial charge >= 0.3 is 6.18 Å². The highest BCUT2D eigenvalue weighted by molar-refractivity contribution is 5.34. The van der Waals surface area contributed by atoms with Crippen molar-refractivity contribution in [3.63, 3.8) is 0 Å². The fourth-order valence-corrected chi connectivity index (χ4v) is 2.17. The van der Waals surface area contributed by atoms with Gasteiger partial charge in [0.1, 0.15) is 0 Å². The summed E-state index contributed by atoms with van der Waals surface area (Å²) in [6.07, 6.45) is -2.77. The largest absolute Gasteiger partial charge is 0.435 e. The lowest BCUT2D eigenvalue weighted by atomic mass is 10.2. The molecular formula is C16H20F3N3O. The van der Waals surface area contributed by atoms with Crippen molar-refractivity contribution in [2.75, 3.05) is 13.6 Å². The predicted octanol–water partition coefficient (Wildman–Crippen LogP) is 3.09. The standard InChI is InChI=1S/C16H20F3N3O/c1-12(23)7-9-21(2)11-13-3-5-14(6-4-13)22-10-8-15(20-22)16(17,18)19/h3-6,8,10,12,23H,7,9,11H2,1-2H3. The zero-order valence-electron chi connectivity index (χ0n) is 13.1. The molecule has 126 valence electrons. The second kappa shape index (κ2) is 7.14. The van der Waals surface area contributed by atoms with Crippen molar-refractivity contribution in [2.45, 2.75) is 32.2 Å². The molecule has 0 fully saturated rings. The van der Waals surface area contributed by atoms with Gasteiger partial charge in [-0.05, 0) is 44.2 Å². The van der Waals surface area contributed by atoms with Gasteiger partial charge in [0.15, 0.2) is 5.69 Å². The number of hydrogen-bond acceptors (Lipinski definition) is 3. The lowest BCUT2D eigenvalue weighted by molar-refractivity contribution is -0.141. The molecule has 0 aliphatic carbocycles. The number of nitrogens with zero attached hydrogens (tertiary/aromatic N) is 3. The summed E-state index contributed by atoms with van der Waals surface area (Å²) in [5.41, 5.74) is 0.723. The Morgan fingerprint density at radius 3 is 2.39 bits per heavy atom. The SMILES string of the molecule is CC(O)CCN(C)Cc1ccc(-n2ccc(C(F)(F)F)n2)cc1. The van der Waals surface area contributed by atoms with Crippen molar-refractivity contribution in [1.82, 2.24) is 14.7 Å². The van der Waals surface area contributed by atoms with Crippen molar-refractivity contribution in [2.24, 2.45) is 0 Å². The van der Waals surface area contributed by atoms with Gasteiger partial charge in [-0.25, -0.2) is 4.68 Å². The van der Waals surface area contributed by atoms with Gasteiger partial charge in [0.05, 0.1) is 11.8 Å². The molecule has 1 atom stereocenters. The van der Waals surface area contributed by atoms with Crippen molar-refractivity contribution in [1.29, 1.82) is 0 Å². The van der Waals surface area contributed by atoms with Gasteiger partial charge in [-0.3, -0.25) is 0 Å². The van der Waals surface area contributed by atoms with Crippen LogP contribution in [0.1, 0.15) is 24.6 Å². The number of halogens is 3. The molecule has 2 rings (SSSR count). The second-order valence-corrected chi connectivity index (χ2v) is 5.69. The van der Waals surface area contributed by atoms with Crippen LogP contribution in [0.3, 0.4) is 0 Å². The van der Waals surface area contributed by atoms with E-state index in [4.69, 9.17) is 0 Å². The second-order valence-electron chi connectivity index (χ2n) is 5.69. The minimum absolute atomic E-state index is 0.331. The van der Waals surface area contributed by atoms with E-state index in [1.54, 1.807) is 19.1 Å². The third-order valence-corrected chi connectivity index (χ3v) is 3.46. The number of aromatic nitrogens is 2. The monoisotopic (exact) mass is 327 g/mol. The molecule has 1 heterocycles. The Kier molecular flexibility index (Phi) is 5.43. The molecule has 7 heteroatoms. The molecule has 0 radical (unpaired) electrons. The fraction of sp³-hybridized carbons (Fsp3) is 0.438. The summed E-state index contributed by atoms with van der Waals surface area (Å²) in [5.74, 6) is 0. The summed E-state index contributed by atoms with van der Waals surface area (Å²) in [6.45, 7) is 3.23. The predicted molar refractivity (Wildman–Crippen MR) is 81.2 cm³/mol. The third-order valence-electron chi connectivity index (χ3n) is 3.46. The first kappa shape index (κ1) is 17.5. The van der Waals surface area contributed by atoms with Crippen LogP contribution in [0.5, 0.6) is 0 Å². The van der Waals surface area contributed by atoms with Crippen molar-refractivity contribution >= 4 is 0 Å². The lowest BCUT2D eigenvalue weighted by Crippen LogP contribution is -2.22. The summed E-state index contributed by atoms with van der Waals surface area (Å²) in [5, 5.41) is 12.8. The van der Waals surface area contributed by atoms with Crippen LogP contribution in [0.15, 0.2) is 36.5 Å². The van der Waals surface area contributed by atoms with Gasteiger partial charge in [-0.1, -0.05) is 12.1 Å². The van der Waals surface area contributed by atoms with Crippen molar-refractivity contribution in [3.8, 4) is 5.69 Å². The molecule has 1 unspecified atom stereocenters. The molecule has 0 aliphatic rings. The molecule has 0 saturated heterocycles. The zero-order valence-corrected chi connectivity index (χ0v) is 13.1. The van der Waals surface area contributed by atoms with E-state index in [1.165, 1.54) is 10.9 Å². The molecule has 1 aromatic carbocycles. The molecule has 1 N–H and O–H groups in total. The number of benzene rings is 1. The lowest BCUT2D eigenvalue weighted by Gasteiger charge is -2.17. The molecule has 0 amide bonds. The van der Waals surface area contributed by atoms with Crippen LogP contribution >= 0.6 is 0 Å². The Morgan fingerprint density at radius 2 is 1.87 bits per heavy atom. The quantitative estimate of drug-likeness (QED) is 0.886. The number of alkyl halides is 3. The Bertz CT molecular complexity index is 620. The summed E-state index contributed by atoms with van der Waals surface area (Å²) in [4.78, 5) is 2.08. The number of aliphatic hydroxyl groups is 1. The zero-order chi connectivity index (χ0) is 17.0. The molecule has 23 heavy (non-hydrogen) atoms. The third kappa shape index (κ3) is 5.07. The number of hydrogen-bond donors (Lipinski definition) is 1. The topological polar surface area (TPSA) is 41.3 Å². The molecular weight excluding hydrogens is 307 g/mol. The van der Waals surface area contributed by atoms with Gasteiger partial charge in [-0.2, -0.15) is 18.3 Å². The van der Waals surface area contributed by atoms with Gasteiger partial charge in [0.25, 0.3) is 0 Å². The maximum absolute atomic E-state index is 12.6. The smallest absolute Gasteiger partial charge is 0.393 e. The van der Waals surface area contributed by atoms with Gasteiger partial charge < -0.3 is 10.0 Å². The van der Waals surface area contributed by atoms with Gasteiger partial charge in [-0.15, -0.1) is 0 Å². The molecule has 4 nitrogen and oxygen atoms in total. The Hall–Kier alpha value is -1.86. The highest BCUT2D eigenvalue weighted by atomic mass is 19.4. The average molecular weight is 327 g/mol. The first-order valence-corrected chi connectivity index (χ1v) is 7.34. The van der Waals surface area contributed by atoms with E-state index in [0.29, 0.717) is 18.7 Å². The maximum Gasteiger partial charge on any atom is 0.435 e. The molecule has 2 aromatic rings. The highest BCUT2D eigenvalue weighted by Crippen LogP contribution is 2.27. The first-order valence-electron chi connectivity index (χ1n) is 7.34. The normalized spacial score (nSPS) is 13.5. The van der Waals surface area contributed by atoms with E-state index in [-0.39, 0.29) is 6.10 Å². The fourth-order valence-electron chi connectivity index (χ4n) is 2.17. The van der Waals surface area contributed by atoms with E-state index >= 15 is 0 Å². The van der Waals surface area contributed by atoms with Crippen LogP contribution in [-0.4, -0.2) is 39.5 Å². The first-order chi connectivity index (χ1) is 10.8. The summed E-state index contributed by atoms with van der Waals surface area (Å²) in [6, 6.07) is 8.17. The minimum Gasteiger partial charge on any atom is -0.393 e. The highest BCUT2D eigenvalue weighted by Gasteiger charge is 2.33. The number of rotatable bonds is 6. The Balaban J connectivity index is 2.00. The Morgan fingerprint density at radius 1 is 1.22 bits per heavy atom. The van der Waals surface area contributed by atoms with Gasteiger partial charge in [0, 0.05) is 19.3 Å². The summed E-state index contributed by atoms with van der Waals surface area (Å²) >= 11 is 0. The van der Waals surface area contributed by atoms with Gasteiger partial charge in [0.2, 0.25) is 0 Å². The molecule has 0 aliphatic heterocycles. The van der Waals surface area contributed by atoms with Crippen LogP contribution in [0.25, 0.3) is 5.69 Å². The minimum atomic E-state index is -4.43. The van der Waals surface area contributed by atoms with Crippen LogP contribution in [0.2, 0.25) is 0 Å². The average Bonchev–Trinajstić information content (AvgIpc) is 2.96. The van der Waals surface area contributed by atoms with Crippen LogP contribution < -0.4 is 0 Å². The molecule has 1 aromatic heterocycles. The summed E-state index contributed by atoms with van der Waals surface area (Å²) in [7, 11) is 1.96. The summed E-state index contributed by atoms with van der Waals surface area (Å²) < 4.78 is 38.9. The van der Waals surface area contributed by atoms with E-state index < -0.39 is 11.9 Å². The molecule has 0 saturated carbocycles. The number of aliphatic hydroxyl groups excluding tert-OH is 1. The maximum atomic E-state index is 12.6. The van der Waals surface area contributed by atoms with Crippen LogP contribution in [0, 0.1) is 0 Å². The van der Waals surface area contributed by atoms with Crippen LogP contribution in [-0.2, 0) is 12.7 Å². The van der Waals surface area contributed by atoms with Crippen LogP contribution in [0.4, 0.5) is 13.2 Å². The Labute approximate surface area is 133 Å². The van der Waals surface area contributed by atoms with Crippen molar-refractivity contribution < 1.29 is 18.3 Å². The van der Waals surface area contributed by atoms with E-state index in [2.05, 4.69) is 10.00 Å². The van der Waals surface area contributed by atoms with Crippen molar-refractivity contribution in [3.05, 3.63) is 47.8 Å². The van der Waals surface area contributed by atoms with E-state index in [0.717, 1.165) is 18.2 Å². The molecule has 0 spiro atoms. The van der Waals surface area contributed by atoms with E-state index in [9.17, 15) is 18.3 Å².